The van der Waals surface area contributed by atoms with Crippen LogP contribution < -0.4 is 5.32 Å². The maximum Gasteiger partial charge on any atom is 0.171 e. The van der Waals surface area contributed by atoms with Gasteiger partial charge in [-0.15, -0.1) is 11.3 Å². The van der Waals surface area contributed by atoms with E-state index in [4.69, 9.17) is 0 Å². The Hall–Kier alpha value is -0.740. The molecule has 1 fully saturated rings. The number of nitrogens with one attached hydrogen (secondary N) is 1. The van der Waals surface area contributed by atoms with Gasteiger partial charge in [0.1, 0.15) is 5.01 Å². The largest absolute Gasteiger partial charge is 0.308 e. The second-order valence-electron chi connectivity index (χ2n) is 5.15. The summed E-state index contributed by atoms with van der Waals surface area (Å²) in [6.45, 7) is 4.34. The van der Waals surface area contributed by atoms with Gasteiger partial charge in [0.05, 0.1) is 10.6 Å². The lowest BCUT2D eigenvalue weighted by atomic mass is 10.1. The third-order valence-corrected chi connectivity index (χ3v) is 4.82. The van der Waals surface area contributed by atoms with Crippen LogP contribution in [-0.2, 0) is 6.54 Å². The van der Waals surface area contributed by atoms with Crippen LogP contribution in [0.15, 0.2) is 0 Å². The number of thiazole rings is 1. The minimum Gasteiger partial charge on any atom is -0.308 e. The van der Waals surface area contributed by atoms with Crippen LogP contribution in [0.2, 0.25) is 0 Å². The van der Waals surface area contributed by atoms with E-state index in [1.54, 1.807) is 6.92 Å². The Morgan fingerprint density at radius 3 is 2.56 bits per heavy atom. The SMILES string of the molecule is CC(=O)c1sc(CNC2CCCCCC2)nc1C. The molecule has 1 aliphatic carbocycles. The number of ketones is 1. The second kappa shape index (κ2) is 6.43. The van der Waals surface area contributed by atoms with E-state index in [1.165, 1.54) is 49.9 Å². The Kier molecular flexibility index (Phi) is 4.89. The van der Waals surface area contributed by atoms with Crippen molar-refractivity contribution in [2.45, 2.75) is 65.0 Å². The fourth-order valence-corrected chi connectivity index (χ4v) is 3.48. The first kappa shape index (κ1) is 13.7. The van der Waals surface area contributed by atoms with Crippen molar-refractivity contribution in [3.63, 3.8) is 0 Å². The number of Topliss-reactive ketones (excluding diaryl/α,β-unsaturated/α-hetero) is 1. The number of rotatable bonds is 4. The Labute approximate surface area is 113 Å². The van der Waals surface area contributed by atoms with Crippen molar-refractivity contribution >= 4 is 17.1 Å². The van der Waals surface area contributed by atoms with Crippen molar-refractivity contribution in [3.05, 3.63) is 15.6 Å². The van der Waals surface area contributed by atoms with E-state index in [-0.39, 0.29) is 5.78 Å². The zero-order chi connectivity index (χ0) is 13.0. The molecule has 0 spiro atoms. The lowest BCUT2D eigenvalue weighted by molar-refractivity contribution is 0.102. The van der Waals surface area contributed by atoms with Crippen LogP contribution in [0.5, 0.6) is 0 Å². The Bertz CT molecular complexity index is 406. The van der Waals surface area contributed by atoms with Gasteiger partial charge in [-0.1, -0.05) is 25.7 Å². The maximum absolute atomic E-state index is 11.4. The van der Waals surface area contributed by atoms with Gasteiger partial charge in [-0.2, -0.15) is 0 Å². The third-order valence-electron chi connectivity index (χ3n) is 3.56. The van der Waals surface area contributed by atoms with Crippen molar-refractivity contribution in [3.8, 4) is 0 Å². The van der Waals surface area contributed by atoms with Crippen molar-refractivity contribution in [2.24, 2.45) is 0 Å². The first-order valence-corrected chi connectivity index (χ1v) is 7.69. The van der Waals surface area contributed by atoms with Crippen LogP contribution in [-0.4, -0.2) is 16.8 Å². The lowest BCUT2D eigenvalue weighted by Crippen LogP contribution is -2.27. The molecular formula is C14H22N2OS. The van der Waals surface area contributed by atoms with Gasteiger partial charge >= 0.3 is 0 Å². The standard InChI is InChI=1S/C14H22N2OS/c1-10-14(11(2)17)18-13(16-10)9-15-12-7-5-3-4-6-8-12/h12,15H,3-9H2,1-2H3. The van der Waals surface area contributed by atoms with E-state index in [0.717, 1.165) is 22.1 Å². The number of nitrogens with zero attached hydrogens (tertiary/aromatic N) is 1. The summed E-state index contributed by atoms with van der Waals surface area (Å²) < 4.78 is 0. The molecule has 1 aliphatic rings. The minimum atomic E-state index is 0.130. The van der Waals surface area contributed by atoms with Gasteiger partial charge in [0.2, 0.25) is 0 Å². The first-order chi connectivity index (χ1) is 8.66. The van der Waals surface area contributed by atoms with Crippen LogP contribution in [0.4, 0.5) is 0 Å². The number of aromatic nitrogens is 1. The van der Waals surface area contributed by atoms with E-state index in [0.29, 0.717) is 6.04 Å². The highest BCUT2D eigenvalue weighted by atomic mass is 32.1. The molecule has 3 nitrogen and oxygen atoms in total. The van der Waals surface area contributed by atoms with E-state index < -0.39 is 0 Å². The maximum atomic E-state index is 11.4. The van der Waals surface area contributed by atoms with Gasteiger partial charge in [0, 0.05) is 19.5 Å². The summed E-state index contributed by atoms with van der Waals surface area (Å²) in [5.74, 6) is 0.130. The molecule has 0 bridgehead atoms. The normalized spacial score (nSPS) is 17.7. The van der Waals surface area contributed by atoms with Crippen LogP contribution >= 0.6 is 11.3 Å². The summed E-state index contributed by atoms with van der Waals surface area (Å²) in [6, 6.07) is 0.637. The fourth-order valence-electron chi connectivity index (χ4n) is 2.57. The average molecular weight is 266 g/mol. The molecule has 0 saturated heterocycles. The minimum absolute atomic E-state index is 0.130. The first-order valence-electron chi connectivity index (χ1n) is 6.87. The molecule has 100 valence electrons. The fraction of sp³-hybridized carbons (Fsp3) is 0.714. The Morgan fingerprint density at radius 1 is 1.33 bits per heavy atom. The highest BCUT2D eigenvalue weighted by Gasteiger charge is 2.14. The van der Waals surface area contributed by atoms with Gasteiger partial charge in [0.15, 0.2) is 5.78 Å². The summed E-state index contributed by atoms with van der Waals surface area (Å²) in [5.41, 5.74) is 0.880. The monoisotopic (exact) mass is 266 g/mol. The predicted molar refractivity (Wildman–Crippen MR) is 75.2 cm³/mol. The highest BCUT2D eigenvalue weighted by molar-refractivity contribution is 7.13. The molecule has 1 N–H and O–H groups in total. The molecule has 1 aromatic rings. The Balaban J connectivity index is 1.89. The van der Waals surface area contributed by atoms with Crippen molar-refractivity contribution in [2.75, 3.05) is 0 Å². The molecule has 2 rings (SSSR count). The smallest absolute Gasteiger partial charge is 0.171 e. The van der Waals surface area contributed by atoms with Crippen LogP contribution in [0.25, 0.3) is 0 Å². The molecule has 0 aliphatic heterocycles. The van der Waals surface area contributed by atoms with Gasteiger partial charge in [-0.3, -0.25) is 4.79 Å². The van der Waals surface area contributed by atoms with Crippen LogP contribution in [0, 0.1) is 6.92 Å². The van der Waals surface area contributed by atoms with Crippen molar-refractivity contribution in [1.29, 1.82) is 0 Å². The molecular weight excluding hydrogens is 244 g/mol. The molecule has 1 saturated carbocycles. The third kappa shape index (κ3) is 3.62. The van der Waals surface area contributed by atoms with Crippen molar-refractivity contribution < 1.29 is 4.79 Å². The van der Waals surface area contributed by atoms with Crippen molar-refractivity contribution in [1.82, 2.24) is 10.3 Å². The lowest BCUT2D eigenvalue weighted by Gasteiger charge is -2.14. The van der Waals surface area contributed by atoms with Crippen LogP contribution in [0.3, 0.4) is 0 Å². The summed E-state index contributed by atoms with van der Waals surface area (Å²) in [5, 5.41) is 4.64. The van der Waals surface area contributed by atoms with E-state index in [1.807, 2.05) is 6.92 Å². The van der Waals surface area contributed by atoms with Crippen LogP contribution in [0.1, 0.15) is 65.8 Å². The summed E-state index contributed by atoms with van der Waals surface area (Å²) in [7, 11) is 0. The molecule has 0 amide bonds. The molecule has 0 aromatic carbocycles. The van der Waals surface area contributed by atoms with Gasteiger partial charge in [-0.05, 0) is 19.8 Å². The molecule has 4 heteroatoms. The highest BCUT2D eigenvalue weighted by Crippen LogP contribution is 2.20. The summed E-state index contributed by atoms with van der Waals surface area (Å²) in [4.78, 5) is 16.7. The number of hydrogen-bond donors (Lipinski definition) is 1. The summed E-state index contributed by atoms with van der Waals surface area (Å²) >= 11 is 1.54. The number of carbonyl (C=O) groups excluding carboxylic acids is 1. The molecule has 0 unspecified atom stereocenters. The second-order valence-corrected chi connectivity index (χ2v) is 6.23. The van der Waals surface area contributed by atoms with Gasteiger partial charge < -0.3 is 5.32 Å². The molecule has 0 radical (unpaired) electrons. The molecule has 1 aromatic heterocycles. The number of hydrogen-bond acceptors (Lipinski definition) is 4. The molecule has 0 atom stereocenters. The van der Waals surface area contributed by atoms with E-state index >= 15 is 0 Å². The topological polar surface area (TPSA) is 42.0 Å². The quantitative estimate of drug-likeness (QED) is 0.670. The zero-order valence-corrected chi connectivity index (χ0v) is 12.1. The average Bonchev–Trinajstić information content (AvgIpc) is 2.55. The van der Waals surface area contributed by atoms with Gasteiger partial charge in [0.25, 0.3) is 0 Å². The Morgan fingerprint density at radius 2 is 2.00 bits per heavy atom. The predicted octanol–water partition coefficient (Wildman–Crippen LogP) is 3.47. The molecule has 1 heterocycles. The van der Waals surface area contributed by atoms with E-state index in [2.05, 4.69) is 10.3 Å². The molecule has 18 heavy (non-hydrogen) atoms. The zero-order valence-electron chi connectivity index (χ0n) is 11.3. The number of aryl methyl sites for hydroxylation is 1. The van der Waals surface area contributed by atoms with E-state index in [9.17, 15) is 4.79 Å². The van der Waals surface area contributed by atoms with Gasteiger partial charge in [-0.25, -0.2) is 4.98 Å². The summed E-state index contributed by atoms with van der Waals surface area (Å²) in [6.07, 6.45) is 8.00. The number of carbonyl (C=O) groups is 1.